The van der Waals surface area contributed by atoms with Crippen LogP contribution in [0.5, 0.6) is 0 Å². The second-order valence-corrected chi connectivity index (χ2v) is 6.56. The van der Waals surface area contributed by atoms with Gasteiger partial charge in [-0.2, -0.15) is 0 Å². The maximum atomic E-state index is 2.32. The van der Waals surface area contributed by atoms with E-state index in [2.05, 4.69) is 76.2 Å². The molecular formula is C20H26. The average Bonchev–Trinajstić information content (AvgIpc) is 2.44. The van der Waals surface area contributed by atoms with Crippen molar-refractivity contribution < 1.29 is 0 Å². The predicted octanol–water partition coefficient (Wildman–Crippen LogP) is 5.99. The van der Waals surface area contributed by atoms with Crippen LogP contribution < -0.4 is 0 Å². The Morgan fingerprint density at radius 1 is 0.850 bits per heavy atom. The maximum Gasteiger partial charge on any atom is -0.0123 e. The van der Waals surface area contributed by atoms with Crippen LogP contribution in [0.25, 0.3) is 11.1 Å². The molecule has 0 unspecified atom stereocenters. The van der Waals surface area contributed by atoms with E-state index in [9.17, 15) is 0 Å². The average molecular weight is 266 g/mol. The second kappa shape index (κ2) is 6.26. The van der Waals surface area contributed by atoms with E-state index < -0.39 is 0 Å². The minimum atomic E-state index is 0.176. The molecule has 2 rings (SSSR count). The third-order valence-electron chi connectivity index (χ3n) is 3.79. The molecule has 0 N–H and O–H groups in total. The van der Waals surface area contributed by atoms with E-state index >= 15 is 0 Å². The standard InChI is InChI=1S/C20H26/c1-5-6-11-17-14-10-15-18(19(17)20(2,3)4)16-12-8-7-9-13-16/h7-10,12-15H,5-6,11H2,1-4H3. The fraction of sp³-hybridized carbons (Fsp3) is 0.400. The summed E-state index contributed by atoms with van der Waals surface area (Å²) >= 11 is 0. The first-order chi connectivity index (χ1) is 9.54. The van der Waals surface area contributed by atoms with Gasteiger partial charge >= 0.3 is 0 Å². The van der Waals surface area contributed by atoms with E-state index in [0.29, 0.717) is 0 Å². The smallest absolute Gasteiger partial charge is 0.0123 e. The highest BCUT2D eigenvalue weighted by Gasteiger charge is 2.21. The number of benzene rings is 2. The Kier molecular flexibility index (Phi) is 4.65. The van der Waals surface area contributed by atoms with Gasteiger partial charge in [-0.3, -0.25) is 0 Å². The summed E-state index contributed by atoms with van der Waals surface area (Å²) in [5.41, 5.74) is 5.93. The molecule has 0 bridgehead atoms. The molecule has 0 nitrogen and oxygen atoms in total. The summed E-state index contributed by atoms with van der Waals surface area (Å²) in [4.78, 5) is 0. The summed E-state index contributed by atoms with van der Waals surface area (Å²) in [7, 11) is 0. The fourth-order valence-electron chi connectivity index (χ4n) is 2.92. The predicted molar refractivity (Wildman–Crippen MR) is 89.2 cm³/mol. The van der Waals surface area contributed by atoms with Gasteiger partial charge in [0.25, 0.3) is 0 Å². The van der Waals surface area contributed by atoms with E-state index in [4.69, 9.17) is 0 Å². The first kappa shape index (κ1) is 14.8. The molecule has 0 aliphatic carbocycles. The van der Waals surface area contributed by atoms with Crippen LogP contribution in [0.4, 0.5) is 0 Å². The van der Waals surface area contributed by atoms with Gasteiger partial charge in [0.2, 0.25) is 0 Å². The van der Waals surface area contributed by atoms with Crippen molar-refractivity contribution in [3.05, 3.63) is 59.7 Å². The lowest BCUT2D eigenvalue weighted by atomic mass is 9.78. The molecule has 0 heterocycles. The molecule has 0 aliphatic heterocycles. The van der Waals surface area contributed by atoms with Gasteiger partial charge < -0.3 is 0 Å². The van der Waals surface area contributed by atoms with Crippen molar-refractivity contribution >= 4 is 0 Å². The SMILES string of the molecule is CCCCc1cccc(-c2ccccc2)c1C(C)(C)C. The Bertz CT molecular complexity index is 544. The van der Waals surface area contributed by atoms with Gasteiger partial charge in [0.05, 0.1) is 0 Å². The van der Waals surface area contributed by atoms with Crippen LogP contribution >= 0.6 is 0 Å². The summed E-state index contributed by atoms with van der Waals surface area (Å²) in [5.74, 6) is 0. The minimum absolute atomic E-state index is 0.176. The summed E-state index contributed by atoms with van der Waals surface area (Å²) in [6, 6.07) is 17.6. The van der Waals surface area contributed by atoms with Crippen molar-refractivity contribution in [1.82, 2.24) is 0 Å². The molecule has 20 heavy (non-hydrogen) atoms. The third-order valence-corrected chi connectivity index (χ3v) is 3.79. The summed E-state index contributed by atoms with van der Waals surface area (Å²) in [5, 5.41) is 0. The molecule has 0 heteroatoms. The zero-order valence-electron chi connectivity index (χ0n) is 13.2. The zero-order chi connectivity index (χ0) is 14.6. The molecule has 106 valence electrons. The van der Waals surface area contributed by atoms with Crippen molar-refractivity contribution in [2.75, 3.05) is 0 Å². The Morgan fingerprint density at radius 2 is 1.55 bits per heavy atom. The van der Waals surface area contributed by atoms with Crippen molar-refractivity contribution in [3.63, 3.8) is 0 Å². The Hall–Kier alpha value is -1.56. The highest BCUT2D eigenvalue weighted by molar-refractivity contribution is 5.70. The monoisotopic (exact) mass is 266 g/mol. The molecule has 0 saturated heterocycles. The second-order valence-electron chi connectivity index (χ2n) is 6.56. The van der Waals surface area contributed by atoms with Crippen LogP contribution in [0, 0.1) is 0 Å². The van der Waals surface area contributed by atoms with E-state index in [1.807, 2.05) is 0 Å². The van der Waals surface area contributed by atoms with Gasteiger partial charge in [0.15, 0.2) is 0 Å². The first-order valence-electron chi connectivity index (χ1n) is 7.72. The fourth-order valence-corrected chi connectivity index (χ4v) is 2.92. The summed E-state index contributed by atoms with van der Waals surface area (Å²) in [6.45, 7) is 9.23. The summed E-state index contributed by atoms with van der Waals surface area (Å²) < 4.78 is 0. The molecule has 0 aliphatic rings. The molecule has 0 radical (unpaired) electrons. The molecular weight excluding hydrogens is 240 g/mol. The molecule has 2 aromatic carbocycles. The zero-order valence-corrected chi connectivity index (χ0v) is 13.2. The Balaban J connectivity index is 2.57. The Morgan fingerprint density at radius 3 is 2.15 bits per heavy atom. The van der Waals surface area contributed by atoms with Crippen molar-refractivity contribution in [3.8, 4) is 11.1 Å². The number of hydrogen-bond acceptors (Lipinski definition) is 0. The van der Waals surface area contributed by atoms with Crippen molar-refractivity contribution in [2.45, 2.75) is 52.4 Å². The topological polar surface area (TPSA) is 0 Å². The van der Waals surface area contributed by atoms with Gasteiger partial charge in [0.1, 0.15) is 0 Å². The van der Waals surface area contributed by atoms with E-state index in [1.54, 1.807) is 0 Å². The molecule has 0 spiro atoms. The van der Waals surface area contributed by atoms with E-state index in [1.165, 1.54) is 41.5 Å². The number of hydrogen-bond donors (Lipinski definition) is 0. The van der Waals surface area contributed by atoms with Crippen molar-refractivity contribution in [2.24, 2.45) is 0 Å². The molecule has 0 fully saturated rings. The Labute approximate surface area is 123 Å². The lowest BCUT2D eigenvalue weighted by Crippen LogP contribution is -2.16. The highest BCUT2D eigenvalue weighted by Crippen LogP contribution is 2.36. The van der Waals surface area contributed by atoms with Gasteiger partial charge in [0, 0.05) is 0 Å². The van der Waals surface area contributed by atoms with Crippen LogP contribution in [0.1, 0.15) is 51.7 Å². The van der Waals surface area contributed by atoms with Gasteiger partial charge in [-0.05, 0) is 40.5 Å². The maximum absolute atomic E-state index is 2.32. The van der Waals surface area contributed by atoms with E-state index in [0.717, 1.165) is 0 Å². The number of unbranched alkanes of at least 4 members (excludes halogenated alkanes) is 1. The highest BCUT2D eigenvalue weighted by atomic mass is 14.3. The molecule has 0 aromatic heterocycles. The molecule has 2 aromatic rings. The molecule has 0 atom stereocenters. The normalized spacial score (nSPS) is 11.6. The third kappa shape index (κ3) is 3.30. The van der Waals surface area contributed by atoms with Crippen LogP contribution in [0.2, 0.25) is 0 Å². The molecule has 0 amide bonds. The minimum Gasteiger partial charge on any atom is -0.0654 e. The van der Waals surface area contributed by atoms with Gasteiger partial charge in [-0.1, -0.05) is 82.6 Å². The van der Waals surface area contributed by atoms with Gasteiger partial charge in [-0.25, -0.2) is 0 Å². The lowest BCUT2D eigenvalue weighted by Gasteiger charge is -2.27. The summed E-state index contributed by atoms with van der Waals surface area (Å²) in [6.07, 6.45) is 3.70. The van der Waals surface area contributed by atoms with Crippen molar-refractivity contribution in [1.29, 1.82) is 0 Å². The van der Waals surface area contributed by atoms with Crippen LogP contribution in [-0.4, -0.2) is 0 Å². The van der Waals surface area contributed by atoms with Gasteiger partial charge in [-0.15, -0.1) is 0 Å². The number of rotatable bonds is 4. The number of aryl methyl sites for hydroxylation is 1. The quantitative estimate of drug-likeness (QED) is 0.637. The first-order valence-corrected chi connectivity index (χ1v) is 7.72. The van der Waals surface area contributed by atoms with Crippen LogP contribution in [-0.2, 0) is 11.8 Å². The van der Waals surface area contributed by atoms with Crippen LogP contribution in [0.15, 0.2) is 48.5 Å². The van der Waals surface area contributed by atoms with E-state index in [-0.39, 0.29) is 5.41 Å². The largest absolute Gasteiger partial charge is 0.0654 e. The molecule has 0 saturated carbocycles. The van der Waals surface area contributed by atoms with Crippen LogP contribution in [0.3, 0.4) is 0 Å². The lowest BCUT2D eigenvalue weighted by molar-refractivity contribution is 0.581.